The average Bonchev–Trinajstić information content (AvgIpc) is 2.75. The first kappa shape index (κ1) is 12.2. The van der Waals surface area contributed by atoms with Crippen molar-refractivity contribution in [2.24, 2.45) is 11.7 Å². The second kappa shape index (κ2) is 4.92. The van der Waals surface area contributed by atoms with E-state index in [0.717, 1.165) is 31.4 Å². The van der Waals surface area contributed by atoms with Gasteiger partial charge >= 0.3 is 0 Å². The Morgan fingerprint density at radius 2 is 2.00 bits per heavy atom. The normalized spacial score (nSPS) is 24.6. The van der Waals surface area contributed by atoms with Gasteiger partial charge in [-0.1, -0.05) is 0 Å². The molecule has 2 N–H and O–H groups in total. The summed E-state index contributed by atoms with van der Waals surface area (Å²) >= 11 is 0. The third-order valence-corrected chi connectivity index (χ3v) is 3.51. The summed E-state index contributed by atoms with van der Waals surface area (Å²) in [6.07, 6.45) is 3.68. The van der Waals surface area contributed by atoms with Crippen molar-refractivity contribution in [3.63, 3.8) is 0 Å². The number of aryl methyl sites for hydroxylation is 1. The van der Waals surface area contributed by atoms with Crippen molar-refractivity contribution >= 4 is 11.8 Å². The van der Waals surface area contributed by atoms with Gasteiger partial charge in [0.15, 0.2) is 0 Å². The van der Waals surface area contributed by atoms with E-state index in [1.165, 1.54) is 0 Å². The Morgan fingerprint density at radius 1 is 1.35 bits per heavy atom. The number of carbonyl (C=O) groups excluding carboxylic acids is 1. The summed E-state index contributed by atoms with van der Waals surface area (Å²) in [6.45, 7) is 1.88. The van der Waals surface area contributed by atoms with Gasteiger partial charge in [-0.3, -0.25) is 9.69 Å². The lowest BCUT2D eigenvalue weighted by molar-refractivity contribution is -0.123. The first-order valence-electron chi connectivity index (χ1n) is 6.17. The molecule has 2 rings (SSSR count). The molecule has 17 heavy (non-hydrogen) atoms. The van der Waals surface area contributed by atoms with E-state index in [-0.39, 0.29) is 17.9 Å². The predicted octanol–water partition coefficient (Wildman–Crippen LogP) is 2.07. The molecule has 1 amide bonds. The number of hydrogen-bond donors (Lipinski definition) is 1. The summed E-state index contributed by atoms with van der Waals surface area (Å²) in [4.78, 5) is 13.9. The van der Waals surface area contributed by atoms with Gasteiger partial charge in [0.05, 0.1) is 0 Å². The maximum absolute atomic E-state index is 12.2. The van der Waals surface area contributed by atoms with Crippen molar-refractivity contribution in [2.45, 2.75) is 38.6 Å². The van der Waals surface area contributed by atoms with E-state index in [1.807, 2.05) is 19.1 Å². The smallest absolute Gasteiger partial charge is 0.232 e. The van der Waals surface area contributed by atoms with Crippen LogP contribution < -0.4 is 10.6 Å². The molecule has 94 valence electrons. The second-order valence-electron chi connectivity index (χ2n) is 4.89. The third kappa shape index (κ3) is 2.69. The van der Waals surface area contributed by atoms with E-state index in [9.17, 15) is 4.79 Å². The lowest BCUT2D eigenvalue weighted by atomic mass is 9.85. The molecule has 4 heteroatoms. The minimum absolute atomic E-state index is 0.102. The maximum Gasteiger partial charge on any atom is 0.232 e. The third-order valence-electron chi connectivity index (χ3n) is 3.51. The van der Waals surface area contributed by atoms with E-state index in [2.05, 4.69) is 0 Å². The molecule has 1 saturated carbocycles. The molecular weight excluding hydrogens is 216 g/mol. The molecule has 1 aliphatic rings. The fourth-order valence-corrected chi connectivity index (χ4v) is 2.35. The van der Waals surface area contributed by atoms with Gasteiger partial charge in [0, 0.05) is 25.1 Å². The SMILES string of the molecule is Cc1ccc(N(C)C(=O)C2CCC(N)CC2)o1. The van der Waals surface area contributed by atoms with Crippen LogP contribution in [0, 0.1) is 12.8 Å². The quantitative estimate of drug-likeness (QED) is 0.855. The van der Waals surface area contributed by atoms with Crippen LogP contribution in [0.2, 0.25) is 0 Å². The highest BCUT2D eigenvalue weighted by molar-refractivity contribution is 5.93. The summed E-state index contributed by atoms with van der Waals surface area (Å²) in [5.41, 5.74) is 5.84. The predicted molar refractivity (Wildman–Crippen MR) is 66.8 cm³/mol. The molecule has 0 spiro atoms. The highest BCUT2D eigenvalue weighted by Crippen LogP contribution is 2.27. The largest absolute Gasteiger partial charge is 0.445 e. The summed E-state index contributed by atoms with van der Waals surface area (Å²) < 4.78 is 5.46. The van der Waals surface area contributed by atoms with Crippen LogP contribution in [0.4, 0.5) is 5.88 Å². The zero-order valence-electron chi connectivity index (χ0n) is 10.5. The minimum atomic E-state index is 0.102. The van der Waals surface area contributed by atoms with Crippen LogP contribution in [0.5, 0.6) is 0 Å². The van der Waals surface area contributed by atoms with Crippen LogP contribution in [0.25, 0.3) is 0 Å². The Kier molecular flexibility index (Phi) is 3.52. The summed E-state index contributed by atoms with van der Waals surface area (Å²) in [7, 11) is 1.77. The van der Waals surface area contributed by atoms with Crippen LogP contribution in [0.3, 0.4) is 0 Å². The number of amides is 1. The van der Waals surface area contributed by atoms with Crippen molar-refractivity contribution < 1.29 is 9.21 Å². The lowest BCUT2D eigenvalue weighted by Gasteiger charge is -2.27. The molecule has 0 radical (unpaired) electrons. The molecule has 0 aliphatic heterocycles. The monoisotopic (exact) mass is 236 g/mol. The van der Waals surface area contributed by atoms with Crippen LogP contribution in [-0.4, -0.2) is 19.0 Å². The topological polar surface area (TPSA) is 59.5 Å². The van der Waals surface area contributed by atoms with Gasteiger partial charge in [-0.15, -0.1) is 0 Å². The fourth-order valence-electron chi connectivity index (χ4n) is 2.35. The molecule has 0 atom stereocenters. The number of nitrogens with two attached hydrogens (primary N) is 1. The molecule has 1 aliphatic carbocycles. The van der Waals surface area contributed by atoms with E-state index in [4.69, 9.17) is 10.2 Å². The standard InChI is InChI=1S/C13H20N2O2/c1-9-3-8-12(17-9)15(2)13(16)10-4-6-11(14)7-5-10/h3,8,10-11H,4-7,14H2,1-2H3. The molecule has 0 unspecified atom stereocenters. The van der Waals surface area contributed by atoms with Crippen LogP contribution in [-0.2, 0) is 4.79 Å². The Bertz CT molecular complexity index is 392. The zero-order valence-corrected chi connectivity index (χ0v) is 10.5. The summed E-state index contributed by atoms with van der Waals surface area (Å²) in [5.74, 6) is 1.70. The van der Waals surface area contributed by atoms with Crippen molar-refractivity contribution in [3.8, 4) is 0 Å². The molecular formula is C13H20N2O2. The van der Waals surface area contributed by atoms with Crippen LogP contribution >= 0.6 is 0 Å². The van der Waals surface area contributed by atoms with Gasteiger partial charge in [-0.2, -0.15) is 0 Å². The van der Waals surface area contributed by atoms with Crippen LogP contribution in [0.1, 0.15) is 31.4 Å². The fraction of sp³-hybridized carbons (Fsp3) is 0.615. The number of nitrogens with zero attached hydrogens (tertiary/aromatic N) is 1. The molecule has 0 aromatic carbocycles. The molecule has 1 aromatic heterocycles. The van der Waals surface area contributed by atoms with Crippen molar-refractivity contribution in [2.75, 3.05) is 11.9 Å². The highest BCUT2D eigenvalue weighted by atomic mass is 16.4. The summed E-state index contributed by atoms with van der Waals surface area (Å²) in [5, 5.41) is 0. The van der Waals surface area contributed by atoms with Crippen molar-refractivity contribution in [3.05, 3.63) is 17.9 Å². The maximum atomic E-state index is 12.2. The number of rotatable bonds is 2. The number of furan rings is 1. The number of hydrogen-bond acceptors (Lipinski definition) is 3. The lowest BCUT2D eigenvalue weighted by Crippen LogP contribution is -2.37. The highest BCUT2D eigenvalue weighted by Gasteiger charge is 2.28. The number of anilines is 1. The van der Waals surface area contributed by atoms with Gasteiger partial charge in [-0.25, -0.2) is 0 Å². The van der Waals surface area contributed by atoms with E-state index in [1.54, 1.807) is 11.9 Å². The second-order valence-corrected chi connectivity index (χ2v) is 4.89. The molecule has 1 heterocycles. The Morgan fingerprint density at radius 3 is 2.53 bits per heavy atom. The van der Waals surface area contributed by atoms with Crippen molar-refractivity contribution in [1.82, 2.24) is 0 Å². The Labute approximate surface area is 102 Å². The summed E-state index contributed by atoms with van der Waals surface area (Å²) in [6, 6.07) is 3.98. The number of carbonyl (C=O) groups is 1. The van der Waals surface area contributed by atoms with Gasteiger partial charge < -0.3 is 10.2 Å². The van der Waals surface area contributed by atoms with Gasteiger partial charge in [0.1, 0.15) is 5.76 Å². The van der Waals surface area contributed by atoms with Crippen LogP contribution in [0.15, 0.2) is 16.5 Å². The van der Waals surface area contributed by atoms with E-state index < -0.39 is 0 Å². The minimum Gasteiger partial charge on any atom is -0.445 e. The van der Waals surface area contributed by atoms with E-state index >= 15 is 0 Å². The Hall–Kier alpha value is -1.29. The Balaban J connectivity index is 2.00. The first-order chi connectivity index (χ1) is 8.08. The molecule has 1 aromatic rings. The van der Waals surface area contributed by atoms with Gasteiger partial charge in [-0.05, 0) is 38.7 Å². The van der Waals surface area contributed by atoms with E-state index in [0.29, 0.717) is 5.88 Å². The zero-order chi connectivity index (χ0) is 12.4. The molecule has 4 nitrogen and oxygen atoms in total. The first-order valence-corrected chi connectivity index (χ1v) is 6.17. The molecule has 1 fully saturated rings. The van der Waals surface area contributed by atoms with Gasteiger partial charge in [0.25, 0.3) is 0 Å². The van der Waals surface area contributed by atoms with Gasteiger partial charge in [0.2, 0.25) is 11.8 Å². The van der Waals surface area contributed by atoms with Crippen molar-refractivity contribution in [1.29, 1.82) is 0 Å². The molecule has 0 saturated heterocycles. The average molecular weight is 236 g/mol. The molecule has 0 bridgehead atoms.